The maximum atomic E-state index is 12.6. The number of fused-ring (bicyclic) bond motifs is 1. The summed E-state index contributed by atoms with van der Waals surface area (Å²) in [6.07, 6.45) is 3.30. The van der Waals surface area contributed by atoms with Crippen LogP contribution in [-0.4, -0.2) is 23.1 Å². The quantitative estimate of drug-likeness (QED) is 0.623. The zero-order valence-corrected chi connectivity index (χ0v) is 16.7. The highest BCUT2D eigenvalue weighted by Crippen LogP contribution is 2.35. The molecule has 1 amide bonds. The smallest absolute Gasteiger partial charge is 0.259 e. The van der Waals surface area contributed by atoms with E-state index in [0.717, 1.165) is 37.4 Å². The molecule has 3 aromatic rings. The van der Waals surface area contributed by atoms with Gasteiger partial charge in [-0.25, -0.2) is 8.42 Å². The first-order valence-corrected chi connectivity index (χ1v) is 11.3. The number of amides is 1. The molecule has 0 radical (unpaired) electrons. The van der Waals surface area contributed by atoms with Gasteiger partial charge in [-0.2, -0.15) is 8.75 Å². The Labute approximate surface area is 167 Å². The molecule has 0 atom stereocenters. The lowest BCUT2D eigenvalue weighted by molar-refractivity contribution is -0.126. The number of aromatic nitrogens is 2. The number of hydrogen-bond acceptors (Lipinski definition) is 6. The van der Waals surface area contributed by atoms with E-state index in [0.29, 0.717) is 17.0 Å². The summed E-state index contributed by atoms with van der Waals surface area (Å²) in [7, 11) is -3.92. The lowest BCUT2D eigenvalue weighted by atomic mass is 9.78. The van der Waals surface area contributed by atoms with E-state index in [1.54, 1.807) is 12.1 Å². The van der Waals surface area contributed by atoms with Gasteiger partial charge in [-0.1, -0.05) is 36.4 Å². The lowest BCUT2D eigenvalue weighted by Crippen LogP contribution is -2.45. The molecule has 7 nitrogen and oxygen atoms in total. The Bertz CT molecular complexity index is 1070. The van der Waals surface area contributed by atoms with Gasteiger partial charge in [0.05, 0.1) is 11.7 Å². The molecule has 1 heterocycles. The molecule has 0 saturated heterocycles. The first kappa shape index (κ1) is 19.0. The van der Waals surface area contributed by atoms with Gasteiger partial charge in [0.2, 0.25) is 5.91 Å². The molecule has 1 aromatic heterocycles. The monoisotopic (exact) mass is 416 g/mol. The zero-order valence-electron chi connectivity index (χ0n) is 15.0. The zero-order chi connectivity index (χ0) is 19.6. The molecule has 2 N–H and O–H groups in total. The van der Waals surface area contributed by atoms with Gasteiger partial charge in [-0.3, -0.25) is 10.2 Å². The van der Waals surface area contributed by atoms with Crippen LogP contribution in [0, 0.1) is 5.92 Å². The number of nitrogens with zero attached hydrogens (tertiary/aromatic N) is 2. The lowest BCUT2D eigenvalue weighted by Gasteiger charge is -2.28. The summed E-state index contributed by atoms with van der Waals surface area (Å²) in [4.78, 5) is 14.7. The summed E-state index contributed by atoms with van der Waals surface area (Å²) in [6.45, 7) is 0. The topological polar surface area (TPSA) is 101 Å². The minimum absolute atomic E-state index is 0.00633. The van der Waals surface area contributed by atoms with E-state index in [1.807, 2.05) is 18.2 Å². The van der Waals surface area contributed by atoms with Crippen molar-refractivity contribution in [2.75, 3.05) is 0 Å². The normalized spacial score (nSPS) is 20.1. The molecular formula is C19H20N4O3S2. The number of nitrogens with one attached hydrogen (secondary N) is 2. The van der Waals surface area contributed by atoms with Gasteiger partial charge >= 0.3 is 0 Å². The van der Waals surface area contributed by atoms with Crippen molar-refractivity contribution in [3.63, 3.8) is 0 Å². The van der Waals surface area contributed by atoms with Crippen molar-refractivity contribution in [2.45, 2.75) is 36.5 Å². The van der Waals surface area contributed by atoms with Crippen LogP contribution < -0.4 is 10.3 Å². The number of carbonyl (C=O) groups excluding carboxylic acids is 1. The fourth-order valence-electron chi connectivity index (χ4n) is 3.69. The molecule has 1 saturated carbocycles. The molecule has 146 valence electrons. The highest BCUT2D eigenvalue weighted by molar-refractivity contribution is 7.89. The Kier molecular flexibility index (Phi) is 5.38. The van der Waals surface area contributed by atoms with E-state index in [-0.39, 0.29) is 16.7 Å². The molecule has 0 spiro atoms. The van der Waals surface area contributed by atoms with Crippen LogP contribution >= 0.6 is 11.7 Å². The first-order valence-electron chi connectivity index (χ1n) is 9.12. The molecule has 1 aliphatic carbocycles. The van der Waals surface area contributed by atoms with Crippen LogP contribution in [-0.2, 0) is 14.8 Å². The van der Waals surface area contributed by atoms with E-state index >= 15 is 0 Å². The van der Waals surface area contributed by atoms with Crippen LogP contribution in [0.5, 0.6) is 0 Å². The summed E-state index contributed by atoms with van der Waals surface area (Å²) in [5, 5.41) is 0. The van der Waals surface area contributed by atoms with Gasteiger partial charge in [0, 0.05) is 5.92 Å². The van der Waals surface area contributed by atoms with Crippen molar-refractivity contribution in [1.82, 2.24) is 19.0 Å². The van der Waals surface area contributed by atoms with Crippen LogP contribution in [0.3, 0.4) is 0 Å². The third-order valence-electron chi connectivity index (χ3n) is 5.22. The van der Waals surface area contributed by atoms with Gasteiger partial charge in [0.1, 0.15) is 15.9 Å². The maximum Gasteiger partial charge on any atom is 0.259 e. The van der Waals surface area contributed by atoms with Gasteiger partial charge in [0.15, 0.2) is 0 Å². The van der Waals surface area contributed by atoms with Crippen LogP contribution in [0.1, 0.15) is 37.2 Å². The Hall–Kier alpha value is -2.36. The van der Waals surface area contributed by atoms with Crippen molar-refractivity contribution in [1.29, 1.82) is 0 Å². The Morgan fingerprint density at radius 2 is 1.71 bits per heavy atom. The van der Waals surface area contributed by atoms with Gasteiger partial charge in [-0.05, 0) is 49.3 Å². The Morgan fingerprint density at radius 1 is 0.964 bits per heavy atom. The largest absolute Gasteiger partial charge is 0.277 e. The van der Waals surface area contributed by atoms with Crippen molar-refractivity contribution in [3.8, 4) is 0 Å². The minimum Gasteiger partial charge on any atom is -0.277 e. The van der Waals surface area contributed by atoms with Crippen molar-refractivity contribution < 1.29 is 13.2 Å². The molecule has 28 heavy (non-hydrogen) atoms. The predicted octanol–water partition coefficient (Wildman–Crippen LogP) is 2.97. The van der Waals surface area contributed by atoms with E-state index in [2.05, 4.69) is 31.1 Å². The fraction of sp³-hybridized carbons (Fsp3) is 0.316. The maximum absolute atomic E-state index is 12.6. The minimum atomic E-state index is -3.92. The summed E-state index contributed by atoms with van der Waals surface area (Å²) in [5.41, 5.74) is 4.49. The summed E-state index contributed by atoms with van der Waals surface area (Å²) in [6, 6.07) is 15.0. The molecular weight excluding hydrogens is 396 g/mol. The van der Waals surface area contributed by atoms with E-state index in [9.17, 15) is 13.2 Å². The number of rotatable bonds is 5. The second kappa shape index (κ2) is 7.94. The SMILES string of the molecule is O=C(NNS(=O)(=O)c1cccc2nsnc12)C1CCC(c2ccccc2)CC1. The standard InChI is InChI=1S/C19H20N4O3S2/c24-19(15-11-9-14(10-12-15)13-5-2-1-3-6-13)20-23-28(25,26)17-8-4-7-16-18(17)22-27-21-16/h1-8,14-15,23H,9-12H2,(H,20,24). The summed E-state index contributed by atoms with van der Waals surface area (Å²) in [5.74, 6) is -0.0326. The third kappa shape index (κ3) is 3.91. The highest BCUT2D eigenvalue weighted by atomic mass is 32.2. The van der Waals surface area contributed by atoms with E-state index < -0.39 is 10.0 Å². The van der Waals surface area contributed by atoms with Crippen molar-refractivity contribution >= 4 is 38.7 Å². The van der Waals surface area contributed by atoms with Crippen molar-refractivity contribution in [3.05, 3.63) is 54.1 Å². The van der Waals surface area contributed by atoms with Gasteiger partial charge < -0.3 is 0 Å². The number of sulfonamides is 1. The molecule has 0 bridgehead atoms. The van der Waals surface area contributed by atoms with Gasteiger partial charge in [-0.15, -0.1) is 4.83 Å². The van der Waals surface area contributed by atoms with E-state index in [1.165, 1.54) is 11.6 Å². The Morgan fingerprint density at radius 3 is 2.46 bits per heavy atom. The second-order valence-electron chi connectivity index (χ2n) is 6.94. The van der Waals surface area contributed by atoms with Crippen LogP contribution in [0.4, 0.5) is 0 Å². The second-order valence-corrected chi connectivity index (χ2v) is 9.12. The number of carbonyl (C=O) groups is 1. The highest BCUT2D eigenvalue weighted by Gasteiger charge is 2.28. The molecule has 1 aliphatic rings. The molecule has 9 heteroatoms. The summed E-state index contributed by atoms with van der Waals surface area (Å²) < 4.78 is 33.2. The molecule has 0 aliphatic heterocycles. The van der Waals surface area contributed by atoms with Crippen LogP contribution in [0.2, 0.25) is 0 Å². The fourth-order valence-corrected chi connectivity index (χ4v) is 5.30. The molecule has 2 aromatic carbocycles. The molecule has 0 unspecified atom stereocenters. The van der Waals surface area contributed by atoms with Gasteiger partial charge in [0.25, 0.3) is 10.0 Å². The third-order valence-corrected chi connectivity index (χ3v) is 7.04. The van der Waals surface area contributed by atoms with Crippen LogP contribution in [0.15, 0.2) is 53.4 Å². The summed E-state index contributed by atoms with van der Waals surface area (Å²) >= 11 is 0.949. The molecule has 1 fully saturated rings. The van der Waals surface area contributed by atoms with Crippen molar-refractivity contribution in [2.24, 2.45) is 5.92 Å². The van der Waals surface area contributed by atoms with E-state index in [4.69, 9.17) is 0 Å². The Balaban J connectivity index is 1.36. The number of hydrogen-bond donors (Lipinski definition) is 2. The molecule has 4 rings (SSSR count). The predicted molar refractivity (Wildman–Crippen MR) is 107 cm³/mol. The number of hydrazine groups is 1. The average molecular weight is 417 g/mol. The van der Waals surface area contributed by atoms with Crippen LogP contribution in [0.25, 0.3) is 11.0 Å². The average Bonchev–Trinajstić information content (AvgIpc) is 3.21. The number of benzene rings is 2. The first-order chi connectivity index (χ1) is 13.5.